The van der Waals surface area contributed by atoms with Gasteiger partial charge >= 0.3 is 0 Å². The fourth-order valence-corrected chi connectivity index (χ4v) is 2.44. The standard InChI is InChI=1S/C19H33N5O2.HI/c1-5-20-19(23-15-18(25)21-11-13-26-4)22-10-12-24(6-2)17-9-7-8-16(3)14-17;/h7-9,14H,5-6,10-13,15H2,1-4H3,(H,21,25)(H2,20,22,23);1H. The van der Waals surface area contributed by atoms with Gasteiger partial charge in [0, 0.05) is 45.5 Å². The van der Waals surface area contributed by atoms with Crippen molar-refractivity contribution in [2.75, 3.05) is 57.9 Å². The van der Waals surface area contributed by atoms with E-state index in [0.717, 1.165) is 26.2 Å². The first-order chi connectivity index (χ1) is 12.6. The summed E-state index contributed by atoms with van der Waals surface area (Å²) in [7, 11) is 1.61. The number of nitrogens with zero attached hydrogens (tertiary/aromatic N) is 2. The van der Waals surface area contributed by atoms with Crippen LogP contribution in [0.3, 0.4) is 0 Å². The Balaban J connectivity index is 0.00000676. The average Bonchev–Trinajstić information content (AvgIpc) is 2.63. The van der Waals surface area contributed by atoms with Gasteiger partial charge in [-0.15, -0.1) is 24.0 Å². The number of rotatable bonds is 11. The van der Waals surface area contributed by atoms with E-state index in [0.29, 0.717) is 19.1 Å². The number of hydrogen-bond acceptors (Lipinski definition) is 4. The van der Waals surface area contributed by atoms with Crippen molar-refractivity contribution >= 4 is 41.5 Å². The fraction of sp³-hybridized carbons (Fsp3) is 0.579. The molecule has 27 heavy (non-hydrogen) atoms. The second-order valence-electron chi connectivity index (χ2n) is 5.88. The molecule has 1 amide bonds. The van der Waals surface area contributed by atoms with E-state index in [1.54, 1.807) is 7.11 Å². The first kappa shape index (κ1) is 25.4. The van der Waals surface area contributed by atoms with Gasteiger partial charge in [0.2, 0.25) is 5.91 Å². The van der Waals surface area contributed by atoms with Gasteiger partial charge in [0.15, 0.2) is 5.96 Å². The van der Waals surface area contributed by atoms with Gasteiger partial charge in [-0.3, -0.25) is 4.79 Å². The van der Waals surface area contributed by atoms with Crippen LogP contribution in [-0.2, 0) is 9.53 Å². The van der Waals surface area contributed by atoms with Crippen LogP contribution in [0.1, 0.15) is 19.4 Å². The molecule has 0 bridgehead atoms. The Morgan fingerprint density at radius 2 is 1.96 bits per heavy atom. The van der Waals surface area contributed by atoms with Crippen molar-refractivity contribution in [2.24, 2.45) is 4.99 Å². The van der Waals surface area contributed by atoms with E-state index in [4.69, 9.17) is 4.74 Å². The zero-order valence-electron chi connectivity index (χ0n) is 16.9. The van der Waals surface area contributed by atoms with Crippen LogP contribution in [0.2, 0.25) is 0 Å². The van der Waals surface area contributed by atoms with Crippen molar-refractivity contribution < 1.29 is 9.53 Å². The van der Waals surface area contributed by atoms with Crippen LogP contribution in [0.5, 0.6) is 0 Å². The summed E-state index contributed by atoms with van der Waals surface area (Å²) in [5.74, 6) is 0.531. The lowest BCUT2D eigenvalue weighted by Gasteiger charge is -2.24. The van der Waals surface area contributed by atoms with Crippen molar-refractivity contribution in [2.45, 2.75) is 20.8 Å². The molecule has 0 fully saturated rings. The number of likely N-dealkylation sites (N-methyl/N-ethyl adjacent to an activating group) is 1. The normalized spacial score (nSPS) is 10.7. The number of anilines is 1. The zero-order valence-corrected chi connectivity index (χ0v) is 19.2. The molecule has 1 aromatic rings. The number of aryl methyl sites for hydroxylation is 1. The molecule has 154 valence electrons. The molecule has 0 heterocycles. The third kappa shape index (κ3) is 11.0. The Bertz CT molecular complexity index is 569. The highest BCUT2D eigenvalue weighted by Crippen LogP contribution is 2.14. The summed E-state index contributed by atoms with van der Waals surface area (Å²) in [6.45, 7) is 10.6. The predicted molar refractivity (Wildman–Crippen MR) is 123 cm³/mol. The molecule has 0 aromatic heterocycles. The number of hydrogen-bond donors (Lipinski definition) is 3. The monoisotopic (exact) mass is 491 g/mol. The second-order valence-corrected chi connectivity index (χ2v) is 5.88. The van der Waals surface area contributed by atoms with Gasteiger partial charge in [-0.05, 0) is 38.5 Å². The summed E-state index contributed by atoms with van der Waals surface area (Å²) in [6, 6.07) is 8.49. The lowest BCUT2D eigenvalue weighted by Crippen LogP contribution is -2.42. The number of methoxy groups -OCH3 is 1. The highest BCUT2D eigenvalue weighted by molar-refractivity contribution is 14.0. The summed E-state index contributed by atoms with van der Waals surface area (Å²) in [5.41, 5.74) is 2.47. The topological polar surface area (TPSA) is 78.0 Å². The average molecular weight is 491 g/mol. The van der Waals surface area contributed by atoms with Crippen molar-refractivity contribution in [3.05, 3.63) is 29.8 Å². The molecule has 0 aliphatic rings. The Morgan fingerprint density at radius 3 is 2.59 bits per heavy atom. The van der Waals surface area contributed by atoms with Crippen LogP contribution in [0.25, 0.3) is 0 Å². The Morgan fingerprint density at radius 1 is 1.19 bits per heavy atom. The van der Waals surface area contributed by atoms with E-state index >= 15 is 0 Å². The number of carbonyl (C=O) groups excluding carboxylic acids is 1. The van der Waals surface area contributed by atoms with E-state index in [1.165, 1.54) is 11.3 Å². The third-order valence-electron chi connectivity index (χ3n) is 3.78. The molecule has 0 unspecified atom stereocenters. The fourth-order valence-electron chi connectivity index (χ4n) is 2.44. The van der Waals surface area contributed by atoms with Crippen LogP contribution >= 0.6 is 24.0 Å². The number of amides is 1. The maximum absolute atomic E-state index is 11.7. The molecule has 7 nitrogen and oxygen atoms in total. The molecule has 0 saturated heterocycles. The van der Waals surface area contributed by atoms with Gasteiger partial charge in [0.05, 0.1) is 6.61 Å². The number of halogens is 1. The first-order valence-electron chi connectivity index (χ1n) is 9.20. The van der Waals surface area contributed by atoms with Gasteiger partial charge in [0.1, 0.15) is 6.54 Å². The van der Waals surface area contributed by atoms with Crippen LogP contribution in [0.4, 0.5) is 5.69 Å². The largest absolute Gasteiger partial charge is 0.383 e. The minimum absolute atomic E-state index is 0. The van der Waals surface area contributed by atoms with E-state index in [-0.39, 0.29) is 36.4 Å². The van der Waals surface area contributed by atoms with Crippen molar-refractivity contribution in [3.63, 3.8) is 0 Å². The second kappa shape index (κ2) is 15.5. The summed E-state index contributed by atoms with van der Waals surface area (Å²) in [6.07, 6.45) is 0. The number of aliphatic imine (C=N–C) groups is 1. The minimum Gasteiger partial charge on any atom is -0.383 e. The Labute approximate surface area is 180 Å². The first-order valence-corrected chi connectivity index (χ1v) is 9.20. The molecule has 0 spiro atoms. The molecule has 0 saturated carbocycles. The van der Waals surface area contributed by atoms with Gasteiger partial charge in [-0.1, -0.05) is 12.1 Å². The molecule has 0 aliphatic heterocycles. The molecule has 0 radical (unpaired) electrons. The number of guanidine groups is 1. The van der Waals surface area contributed by atoms with Crippen LogP contribution in [0, 0.1) is 6.92 Å². The van der Waals surface area contributed by atoms with E-state index in [9.17, 15) is 4.79 Å². The lowest BCUT2D eigenvalue weighted by molar-refractivity contribution is -0.119. The molecule has 0 aliphatic carbocycles. The maximum atomic E-state index is 11.7. The SMILES string of the molecule is CCNC(=NCC(=O)NCCOC)NCCN(CC)c1cccc(C)c1.I. The molecular weight excluding hydrogens is 457 g/mol. The number of ether oxygens (including phenoxy) is 1. The number of benzene rings is 1. The molecule has 1 rings (SSSR count). The summed E-state index contributed by atoms with van der Waals surface area (Å²) in [4.78, 5) is 18.4. The van der Waals surface area contributed by atoms with Crippen molar-refractivity contribution in [1.82, 2.24) is 16.0 Å². The summed E-state index contributed by atoms with van der Waals surface area (Å²) >= 11 is 0. The minimum atomic E-state index is -0.116. The van der Waals surface area contributed by atoms with Gasteiger partial charge in [-0.2, -0.15) is 0 Å². The molecular formula is C19H34IN5O2. The van der Waals surface area contributed by atoms with Gasteiger partial charge in [-0.25, -0.2) is 4.99 Å². The molecule has 8 heteroatoms. The third-order valence-corrected chi connectivity index (χ3v) is 3.78. The smallest absolute Gasteiger partial charge is 0.241 e. The van der Waals surface area contributed by atoms with Gasteiger partial charge in [0.25, 0.3) is 0 Å². The van der Waals surface area contributed by atoms with Crippen LogP contribution < -0.4 is 20.9 Å². The van der Waals surface area contributed by atoms with Crippen LogP contribution in [-0.4, -0.2) is 64.9 Å². The van der Waals surface area contributed by atoms with Crippen LogP contribution in [0.15, 0.2) is 29.3 Å². The van der Waals surface area contributed by atoms with E-state index in [1.807, 2.05) is 6.92 Å². The quantitative estimate of drug-likeness (QED) is 0.190. The van der Waals surface area contributed by atoms with E-state index in [2.05, 4.69) is 64.0 Å². The molecule has 0 atom stereocenters. The van der Waals surface area contributed by atoms with E-state index < -0.39 is 0 Å². The maximum Gasteiger partial charge on any atom is 0.241 e. The lowest BCUT2D eigenvalue weighted by atomic mass is 10.2. The number of nitrogens with one attached hydrogen (secondary N) is 3. The van der Waals surface area contributed by atoms with Gasteiger partial charge < -0.3 is 25.6 Å². The number of carbonyl (C=O) groups is 1. The Hall–Kier alpha value is -1.55. The highest BCUT2D eigenvalue weighted by Gasteiger charge is 2.06. The summed E-state index contributed by atoms with van der Waals surface area (Å²) < 4.78 is 4.91. The molecule has 3 N–H and O–H groups in total. The predicted octanol–water partition coefficient (Wildman–Crippen LogP) is 1.76. The molecule has 1 aromatic carbocycles. The summed E-state index contributed by atoms with van der Waals surface area (Å²) in [5, 5.41) is 9.20. The van der Waals surface area contributed by atoms with Crippen molar-refractivity contribution in [3.8, 4) is 0 Å². The van der Waals surface area contributed by atoms with Crippen molar-refractivity contribution in [1.29, 1.82) is 0 Å². The highest BCUT2D eigenvalue weighted by atomic mass is 127. The zero-order chi connectivity index (χ0) is 19.2. The Kier molecular flexibility index (Phi) is 14.6.